The summed E-state index contributed by atoms with van der Waals surface area (Å²) in [6.07, 6.45) is 2.84. The molecule has 3 rings (SSSR count). The van der Waals surface area contributed by atoms with Crippen molar-refractivity contribution in [3.63, 3.8) is 0 Å². The minimum absolute atomic E-state index is 0.0477. The van der Waals surface area contributed by atoms with Crippen LogP contribution in [0.4, 0.5) is 0 Å². The van der Waals surface area contributed by atoms with E-state index in [-0.39, 0.29) is 30.6 Å². The van der Waals surface area contributed by atoms with Crippen LogP contribution in [0.5, 0.6) is 5.75 Å². The first-order chi connectivity index (χ1) is 15.9. The Morgan fingerprint density at radius 2 is 2.21 bits per heavy atom. The fourth-order valence-electron chi connectivity index (χ4n) is 4.15. The molecule has 2 aromatic rings. The lowest BCUT2D eigenvalue weighted by molar-refractivity contribution is -0.136. The van der Waals surface area contributed by atoms with Crippen LogP contribution in [-0.4, -0.2) is 81.8 Å². The minimum Gasteiger partial charge on any atom is -0.497 e. The van der Waals surface area contributed by atoms with Gasteiger partial charge in [-0.05, 0) is 38.1 Å². The molecular formula is C24H37N5O4. The van der Waals surface area contributed by atoms with E-state index >= 15 is 0 Å². The lowest BCUT2D eigenvalue weighted by Gasteiger charge is -2.35. The summed E-state index contributed by atoms with van der Waals surface area (Å²) in [4.78, 5) is 17.0. The van der Waals surface area contributed by atoms with E-state index in [9.17, 15) is 9.90 Å². The molecule has 0 unspecified atom stereocenters. The highest BCUT2D eigenvalue weighted by Gasteiger charge is 2.28. The summed E-state index contributed by atoms with van der Waals surface area (Å²) >= 11 is 0. The quantitative estimate of drug-likeness (QED) is 0.676. The van der Waals surface area contributed by atoms with Gasteiger partial charge in [-0.15, -0.1) is 5.10 Å². The van der Waals surface area contributed by atoms with Crippen molar-refractivity contribution >= 4 is 5.91 Å². The van der Waals surface area contributed by atoms with Crippen molar-refractivity contribution in [1.29, 1.82) is 0 Å². The predicted octanol–water partition coefficient (Wildman–Crippen LogP) is 1.94. The van der Waals surface area contributed by atoms with Gasteiger partial charge in [-0.1, -0.05) is 24.3 Å². The highest BCUT2D eigenvalue weighted by Crippen LogP contribution is 2.19. The molecule has 1 aromatic carbocycles. The summed E-state index contributed by atoms with van der Waals surface area (Å²) in [6.45, 7) is 6.88. The number of hydrogen-bond donors (Lipinski definition) is 1. The Morgan fingerprint density at radius 1 is 1.39 bits per heavy atom. The van der Waals surface area contributed by atoms with Crippen LogP contribution in [-0.2, 0) is 29.2 Å². The average Bonchev–Trinajstić information content (AvgIpc) is 3.26. The van der Waals surface area contributed by atoms with Gasteiger partial charge in [-0.25, -0.2) is 0 Å². The molecule has 1 N–H and O–H groups in total. The monoisotopic (exact) mass is 459 g/mol. The summed E-state index contributed by atoms with van der Waals surface area (Å²) in [5.41, 5.74) is 1.94. The Labute approximate surface area is 196 Å². The summed E-state index contributed by atoms with van der Waals surface area (Å²) in [5.74, 6) is 0.945. The van der Waals surface area contributed by atoms with Gasteiger partial charge in [0.1, 0.15) is 11.4 Å². The first-order valence-corrected chi connectivity index (χ1v) is 11.6. The van der Waals surface area contributed by atoms with Crippen LogP contribution in [0, 0.1) is 5.92 Å². The molecule has 1 aromatic heterocycles. The van der Waals surface area contributed by atoms with Gasteiger partial charge in [-0.3, -0.25) is 14.4 Å². The van der Waals surface area contributed by atoms with Crippen LogP contribution in [0.1, 0.15) is 37.9 Å². The number of ether oxygens (including phenoxy) is 2. The zero-order chi connectivity index (χ0) is 23.8. The normalized spacial score (nSPS) is 21.3. The number of fused-ring (bicyclic) bond motifs is 2. The number of aliphatic hydroxyl groups excluding tert-OH is 1. The molecule has 33 heavy (non-hydrogen) atoms. The van der Waals surface area contributed by atoms with Crippen LogP contribution in [0.15, 0.2) is 30.5 Å². The third-order valence-corrected chi connectivity index (χ3v) is 6.12. The molecule has 1 amide bonds. The topological polar surface area (TPSA) is 93.0 Å². The number of aryl methyl sites for hydroxylation is 1. The third kappa shape index (κ3) is 7.25. The van der Waals surface area contributed by atoms with E-state index in [1.807, 2.05) is 31.3 Å². The lowest BCUT2D eigenvalue weighted by Crippen LogP contribution is -2.47. The van der Waals surface area contributed by atoms with Crippen LogP contribution >= 0.6 is 0 Å². The van der Waals surface area contributed by atoms with E-state index in [1.165, 1.54) is 0 Å². The number of methoxy groups -OCH3 is 1. The molecule has 0 radical (unpaired) electrons. The smallest absolute Gasteiger partial charge is 0.222 e. The number of amides is 1. The zero-order valence-corrected chi connectivity index (χ0v) is 20.2. The number of carbonyl (C=O) groups excluding carboxylic acids is 1. The molecule has 2 heterocycles. The highest BCUT2D eigenvalue weighted by molar-refractivity contribution is 5.76. The van der Waals surface area contributed by atoms with E-state index in [2.05, 4.69) is 35.2 Å². The number of aromatic nitrogens is 3. The van der Waals surface area contributed by atoms with Crippen molar-refractivity contribution in [2.45, 2.75) is 58.5 Å². The SMILES string of the molecule is COc1cccc(CN(C)C[C@@H]2OCc3cn(nn3)CCCC(=O)N([C@@H](C)CO)C[C@H]2C)c1. The van der Waals surface area contributed by atoms with Gasteiger partial charge in [0.05, 0.1) is 38.7 Å². The molecular weight excluding hydrogens is 422 g/mol. The highest BCUT2D eigenvalue weighted by atomic mass is 16.5. The van der Waals surface area contributed by atoms with E-state index in [0.717, 1.165) is 23.6 Å². The van der Waals surface area contributed by atoms with Gasteiger partial charge in [-0.2, -0.15) is 0 Å². The first kappa shape index (κ1) is 25.1. The number of benzene rings is 1. The Hall–Kier alpha value is -2.49. The van der Waals surface area contributed by atoms with Crippen LogP contribution < -0.4 is 4.74 Å². The average molecular weight is 460 g/mol. The van der Waals surface area contributed by atoms with Crippen molar-refractivity contribution in [1.82, 2.24) is 24.8 Å². The molecule has 9 heteroatoms. The molecule has 3 atom stereocenters. The molecule has 0 spiro atoms. The van der Waals surface area contributed by atoms with E-state index < -0.39 is 0 Å². The number of hydrogen-bond acceptors (Lipinski definition) is 7. The number of aliphatic hydroxyl groups is 1. The fourth-order valence-corrected chi connectivity index (χ4v) is 4.15. The first-order valence-electron chi connectivity index (χ1n) is 11.6. The second-order valence-corrected chi connectivity index (χ2v) is 9.03. The minimum atomic E-state index is -0.238. The van der Waals surface area contributed by atoms with Gasteiger partial charge in [0.25, 0.3) is 0 Å². The molecule has 0 saturated carbocycles. The molecule has 0 saturated heterocycles. The molecule has 1 aliphatic heterocycles. The Balaban J connectivity index is 1.75. The van der Waals surface area contributed by atoms with Crippen molar-refractivity contribution in [2.24, 2.45) is 5.92 Å². The van der Waals surface area contributed by atoms with Crippen LogP contribution in [0.2, 0.25) is 0 Å². The summed E-state index contributed by atoms with van der Waals surface area (Å²) in [7, 11) is 3.73. The van der Waals surface area contributed by atoms with Gasteiger partial charge >= 0.3 is 0 Å². The van der Waals surface area contributed by atoms with E-state index in [1.54, 1.807) is 16.7 Å². The maximum Gasteiger partial charge on any atom is 0.222 e. The standard InChI is InChI=1S/C24H37N5O4/c1-18-12-29(19(2)16-30)24(31)9-6-10-28-14-21(25-26-28)17-33-23(18)15-27(3)13-20-7-5-8-22(11-20)32-4/h5,7-8,11,14,18-19,23,30H,6,9-10,12-13,15-17H2,1-4H3/t18-,19+,23+/m1/s1. The summed E-state index contributed by atoms with van der Waals surface area (Å²) in [5, 5.41) is 18.1. The molecule has 0 fully saturated rings. The van der Waals surface area contributed by atoms with Gasteiger partial charge in [0.2, 0.25) is 5.91 Å². The third-order valence-electron chi connectivity index (χ3n) is 6.12. The maximum absolute atomic E-state index is 13.0. The Kier molecular flexibility index (Phi) is 9.22. The van der Waals surface area contributed by atoms with Crippen molar-refractivity contribution in [3.8, 4) is 5.75 Å². The second kappa shape index (κ2) is 12.1. The van der Waals surface area contributed by atoms with Crippen molar-refractivity contribution in [3.05, 3.63) is 41.7 Å². The molecule has 182 valence electrons. The number of nitrogens with zero attached hydrogens (tertiary/aromatic N) is 5. The zero-order valence-electron chi connectivity index (χ0n) is 20.2. The van der Waals surface area contributed by atoms with Crippen LogP contribution in [0.25, 0.3) is 0 Å². The Morgan fingerprint density at radius 3 is 2.97 bits per heavy atom. The van der Waals surface area contributed by atoms with Gasteiger partial charge in [0.15, 0.2) is 0 Å². The summed E-state index contributed by atoms with van der Waals surface area (Å²) < 4.78 is 13.4. The number of rotatable bonds is 7. The molecule has 0 aliphatic carbocycles. The van der Waals surface area contributed by atoms with Gasteiger partial charge < -0.3 is 19.5 Å². The lowest BCUT2D eigenvalue weighted by atomic mass is 10.0. The predicted molar refractivity (Wildman–Crippen MR) is 125 cm³/mol. The van der Waals surface area contributed by atoms with Gasteiger partial charge in [0, 0.05) is 38.5 Å². The van der Waals surface area contributed by atoms with Crippen molar-refractivity contribution < 1.29 is 19.4 Å². The second-order valence-electron chi connectivity index (χ2n) is 9.03. The molecule has 9 nitrogen and oxygen atoms in total. The Bertz CT molecular complexity index is 889. The fraction of sp³-hybridized carbons (Fsp3) is 0.625. The van der Waals surface area contributed by atoms with Crippen LogP contribution in [0.3, 0.4) is 0 Å². The largest absolute Gasteiger partial charge is 0.497 e. The van der Waals surface area contributed by atoms with E-state index in [4.69, 9.17) is 9.47 Å². The van der Waals surface area contributed by atoms with E-state index in [0.29, 0.717) is 39.1 Å². The molecule has 1 aliphatic rings. The molecule has 2 bridgehead atoms. The summed E-state index contributed by atoms with van der Waals surface area (Å²) in [6, 6.07) is 7.80. The van der Waals surface area contributed by atoms with Crippen molar-refractivity contribution in [2.75, 3.05) is 33.9 Å². The maximum atomic E-state index is 13.0. The number of likely N-dealkylation sites (N-methyl/N-ethyl adjacent to an activating group) is 1. The number of carbonyl (C=O) groups is 1.